The van der Waals surface area contributed by atoms with Gasteiger partial charge in [-0.1, -0.05) is 35.4 Å². The van der Waals surface area contributed by atoms with Crippen molar-refractivity contribution in [3.63, 3.8) is 0 Å². The van der Waals surface area contributed by atoms with E-state index in [4.69, 9.17) is 10.6 Å². The van der Waals surface area contributed by atoms with Gasteiger partial charge in [-0.2, -0.15) is 0 Å². The Hall–Kier alpha value is -3.09. The van der Waals surface area contributed by atoms with Gasteiger partial charge < -0.3 is 10.4 Å². The quantitative estimate of drug-likeness (QED) is 0.252. The van der Waals surface area contributed by atoms with Gasteiger partial charge in [-0.05, 0) is 35.6 Å². The molecule has 8 heteroatoms. The van der Waals surface area contributed by atoms with E-state index in [0.29, 0.717) is 25.1 Å². The van der Waals surface area contributed by atoms with Crippen LogP contribution in [-0.4, -0.2) is 23.2 Å². The number of azide groups is 1. The molecule has 2 N–H and O–H groups in total. The predicted octanol–water partition coefficient (Wildman–Crippen LogP) is 3.73. The van der Waals surface area contributed by atoms with Crippen molar-refractivity contribution >= 4 is 17.1 Å². The van der Waals surface area contributed by atoms with Gasteiger partial charge in [0, 0.05) is 29.8 Å². The lowest BCUT2D eigenvalue weighted by Gasteiger charge is -2.08. The second-order valence-corrected chi connectivity index (χ2v) is 5.11. The zero-order valence-corrected chi connectivity index (χ0v) is 12.9. The number of rotatable bonds is 8. The van der Waals surface area contributed by atoms with Gasteiger partial charge in [-0.25, -0.2) is 0 Å². The molecule has 0 heterocycles. The van der Waals surface area contributed by atoms with Crippen LogP contribution in [0.3, 0.4) is 0 Å². The van der Waals surface area contributed by atoms with Crippen LogP contribution in [0.1, 0.15) is 11.1 Å². The number of anilines is 1. The highest BCUT2D eigenvalue weighted by Gasteiger charge is 2.13. The summed E-state index contributed by atoms with van der Waals surface area (Å²) in [6.45, 7) is 0.650. The third-order valence-corrected chi connectivity index (χ3v) is 3.49. The highest BCUT2D eigenvalue weighted by molar-refractivity contribution is 5.66. The Labute approximate surface area is 138 Å². The van der Waals surface area contributed by atoms with E-state index in [-0.39, 0.29) is 18.0 Å². The molecule has 0 spiro atoms. The normalized spacial score (nSPS) is 10.0. The minimum atomic E-state index is -0.511. The van der Waals surface area contributed by atoms with Crippen LogP contribution in [0.15, 0.2) is 47.6 Å². The summed E-state index contributed by atoms with van der Waals surface area (Å²) in [4.78, 5) is 13.2. The van der Waals surface area contributed by atoms with Crippen LogP contribution < -0.4 is 5.32 Å². The maximum Gasteiger partial charge on any atom is 0.292 e. The number of benzene rings is 2. The Morgan fingerprint density at radius 2 is 1.83 bits per heavy atom. The molecule has 0 fully saturated rings. The minimum Gasteiger partial charge on any atom is -0.396 e. The van der Waals surface area contributed by atoms with E-state index < -0.39 is 4.92 Å². The van der Waals surface area contributed by atoms with Crippen molar-refractivity contribution in [3.8, 4) is 0 Å². The van der Waals surface area contributed by atoms with Gasteiger partial charge in [0.05, 0.1) is 4.92 Å². The van der Waals surface area contributed by atoms with Gasteiger partial charge in [0.25, 0.3) is 5.69 Å². The molecule has 124 valence electrons. The van der Waals surface area contributed by atoms with E-state index >= 15 is 0 Å². The van der Waals surface area contributed by atoms with E-state index in [1.54, 1.807) is 0 Å². The molecule has 0 atom stereocenters. The number of nitrogens with one attached hydrogen (secondary N) is 1. The molecule has 0 amide bonds. The van der Waals surface area contributed by atoms with Gasteiger partial charge in [0.2, 0.25) is 0 Å². The van der Waals surface area contributed by atoms with Crippen LogP contribution in [0.5, 0.6) is 0 Å². The summed E-state index contributed by atoms with van der Waals surface area (Å²) >= 11 is 0. The molecule has 2 aromatic rings. The van der Waals surface area contributed by atoms with Crippen molar-refractivity contribution in [2.45, 2.75) is 12.8 Å². The third-order valence-electron chi connectivity index (χ3n) is 3.49. The largest absolute Gasteiger partial charge is 0.396 e. The monoisotopic (exact) mass is 327 g/mol. The van der Waals surface area contributed by atoms with Crippen molar-refractivity contribution in [3.05, 3.63) is 74.1 Å². The first kappa shape index (κ1) is 17.3. The summed E-state index contributed by atoms with van der Waals surface area (Å²) in [5.41, 5.74) is 11.0. The molecule has 0 radical (unpaired) electrons. The fourth-order valence-corrected chi connectivity index (χ4v) is 2.28. The number of nitrogens with zero attached hydrogens (tertiary/aromatic N) is 4. The Bertz CT molecular complexity index is 755. The van der Waals surface area contributed by atoms with Crippen LogP contribution in [0.2, 0.25) is 0 Å². The predicted molar refractivity (Wildman–Crippen MR) is 91.3 cm³/mol. The molecule has 0 aliphatic carbocycles. The molecular formula is C16H17N5O3. The molecule has 24 heavy (non-hydrogen) atoms. The van der Waals surface area contributed by atoms with Crippen LogP contribution in [0, 0.1) is 10.1 Å². The zero-order valence-electron chi connectivity index (χ0n) is 12.9. The average Bonchev–Trinajstić information content (AvgIpc) is 2.58. The second-order valence-electron chi connectivity index (χ2n) is 5.11. The van der Waals surface area contributed by atoms with Crippen molar-refractivity contribution < 1.29 is 10.0 Å². The average molecular weight is 327 g/mol. The summed E-state index contributed by atoms with van der Waals surface area (Å²) in [5.74, 6) is 0. The summed E-state index contributed by atoms with van der Waals surface area (Å²) in [5, 5.41) is 26.4. The standard InChI is InChI=1S/C16H17N5O3/c17-20-19-14-5-6-15(16(11-14)21(23)24)18-9-7-12-1-3-13(4-2-12)8-10-22/h1-6,11,18,22H,7-10H2. The molecule has 0 unspecified atom stereocenters. The molecular weight excluding hydrogens is 310 g/mol. The van der Waals surface area contributed by atoms with Crippen molar-refractivity contribution in [1.82, 2.24) is 0 Å². The number of hydrogen-bond acceptors (Lipinski definition) is 5. The Morgan fingerprint density at radius 3 is 2.42 bits per heavy atom. The van der Waals surface area contributed by atoms with Gasteiger partial charge in [0.15, 0.2) is 0 Å². The molecule has 0 bridgehead atoms. The summed E-state index contributed by atoms with van der Waals surface area (Å²) in [6.07, 6.45) is 1.33. The van der Waals surface area contributed by atoms with E-state index in [1.807, 2.05) is 24.3 Å². The number of hydrogen-bond donors (Lipinski definition) is 2. The number of nitro benzene ring substituents is 1. The van der Waals surface area contributed by atoms with Crippen molar-refractivity contribution in [1.29, 1.82) is 0 Å². The number of aliphatic hydroxyl groups excluding tert-OH is 1. The molecule has 0 saturated carbocycles. The van der Waals surface area contributed by atoms with Crippen molar-refractivity contribution in [2.24, 2.45) is 5.11 Å². The molecule has 0 aromatic heterocycles. The first-order valence-electron chi connectivity index (χ1n) is 7.40. The van der Waals surface area contributed by atoms with E-state index in [9.17, 15) is 10.1 Å². The maximum absolute atomic E-state index is 11.1. The lowest BCUT2D eigenvalue weighted by molar-refractivity contribution is -0.383. The summed E-state index contributed by atoms with van der Waals surface area (Å²) in [6, 6.07) is 12.2. The van der Waals surface area contributed by atoms with E-state index in [1.165, 1.54) is 18.2 Å². The van der Waals surface area contributed by atoms with Gasteiger partial charge in [-0.15, -0.1) is 0 Å². The molecule has 0 saturated heterocycles. The fourth-order valence-electron chi connectivity index (χ4n) is 2.28. The number of aliphatic hydroxyl groups is 1. The van der Waals surface area contributed by atoms with Crippen LogP contribution in [-0.2, 0) is 12.8 Å². The minimum absolute atomic E-state index is 0.121. The molecule has 0 aliphatic heterocycles. The highest BCUT2D eigenvalue weighted by Crippen LogP contribution is 2.29. The maximum atomic E-state index is 11.1. The van der Waals surface area contributed by atoms with Crippen LogP contribution in [0.25, 0.3) is 10.4 Å². The number of nitro groups is 1. The van der Waals surface area contributed by atoms with E-state index in [2.05, 4.69) is 15.3 Å². The van der Waals surface area contributed by atoms with Crippen LogP contribution >= 0.6 is 0 Å². The first-order valence-corrected chi connectivity index (χ1v) is 7.40. The second kappa shape index (κ2) is 8.52. The van der Waals surface area contributed by atoms with E-state index in [0.717, 1.165) is 11.1 Å². The summed E-state index contributed by atoms with van der Waals surface area (Å²) < 4.78 is 0. The Balaban J connectivity index is 2.00. The molecule has 0 aliphatic rings. The fraction of sp³-hybridized carbons (Fsp3) is 0.250. The molecule has 8 nitrogen and oxygen atoms in total. The molecule has 2 rings (SSSR count). The summed E-state index contributed by atoms with van der Waals surface area (Å²) in [7, 11) is 0. The lowest BCUT2D eigenvalue weighted by Crippen LogP contribution is -2.07. The van der Waals surface area contributed by atoms with Gasteiger partial charge in [-0.3, -0.25) is 10.1 Å². The van der Waals surface area contributed by atoms with Crippen molar-refractivity contribution in [2.75, 3.05) is 18.5 Å². The third kappa shape index (κ3) is 4.70. The smallest absolute Gasteiger partial charge is 0.292 e. The van der Waals surface area contributed by atoms with Gasteiger partial charge >= 0.3 is 0 Å². The Morgan fingerprint density at radius 1 is 1.17 bits per heavy atom. The zero-order chi connectivity index (χ0) is 17.4. The first-order chi connectivity index (χ1) is 11.6. The lowest BCUT2D eigenvalue weighted by atomic mass is 10.1. The van der Waals surface area contributed by atoms with Crippen LogP contribution in [0.4, 0.5) is 17.1 Å². The SMILES string of the molecule is [N-]=[N+]=Nc1ccc(NCCc2ccc(CCO)cc2)c([N+](=O)[O-])c1. The van der Waals surface area contributed by atoms with Gasteiger partial charge in [0.1, 0.15) is 5.69 Å². The topological polar surface area (TPSA) is 124 Å². The highest BCUT2D eigenvalue weighted by atomic mass is 16.6. The Kier molecular flexibility index (Phi) is 6.13. The molecule has 2 aromatic carbocycles.